The number of amides is 2. The van der Waals surface area contributed by atoms with Gasteiger partial charge < -0.3 is 15.3 Å². The van der Waals surface area contributed by atoms with Crippen LogP contribution in [0.25, 0.3) is 0 Å². The summed E-state index contributed by atoms with van der Waals surface area (Å²) in [6, 6.07) is -0.147. The fraction of sp³-hybridized carbons (Fsp3) is 0.765. The van der Waals surface area contributed by atoms with E-state index >= 15 is 0 Å². The SMILES string of the molecule is Cc1nn(C(C)(C)C)cc1[C@H](C)NC(=O)N1CCC[C@@H](CO)C1. The molecule has 23 heavy (non-hydrogen) atoms. The van der Waals surface area contributed by atoms with Crippen LogP contribution < -0.4 is 5.32 Å². The maximum absolute atomic E-state index is 12.5. The van der Waals surface area contributed by atoms with Gasteiger partial charge in [0.1, 0.15) is 0 Å². The first-order chi connectivity index (χ1) is 10.7. The van der Waals surface area contributed by atoms with E-state index in [1.807, 2.05) is 29.6 Å². The molecule has 130 valence electrons. The zero-order valence-electron chi connectivity index (χ0n) is 15.0. The van der Waals surface area contributed by atoms with Crippen molar-refractivity contribution in [2.45, 2.75) is 59.0 Å². The number of aryl methyl sites for hydroxylation is 1. The Bertz CT molecular complexity index is 547. The van der Waals surface area contributed by atoms with Crippen molar-refractivity contribution in [1.82, 2.24) is 20.0 Å². The number of urea groups is 1. The quantitative estimate of drug-likeness (QED) is 0.898. The Morgan fingerprint density at radius 3 is 2.78 bits per heavy atom. The number of carbonyl (C=O) groups excluding carboxylic acids is 1. The first kappa shape index (κ1) is 17.8. The van der Waals surface area contributed by atoms with Crippen LogP contribution in [0.2, 0.25) is 0 Å². The van der Waals surface area contributed by atoms with Crippen molar-refractivity contribution >= 4 is 6.03 Å². The minimum atomic E-state index is -0.0897. The summed E-state index contributed by atoms with van der Waals surface area (Å²) in [5, 5.41) is 16.9. The van der Waals surface area contributed by atoms with Crippen molar-refractivity contribution < 1.29 is 9.90 Å². The van der Waals surface area contributed by atoms with Gasteiger partial charge in [0.2, 0.25) is 0 Å². The molecule has 0 bridgehead atoms. The molecule has 2 amide bonds. The summed E-state index contributed by atoms with van der Waals surface area (Å²) in [6.07, 6.45) is 3.97. The van der Waals surface area contributed by atoms with Gasteiger partial charge in [-0.2, -0.15) is 5.10 Å². The van der Waals surface area contributed by atoms with E-state index in [0.29, 0.717) is 6.54 Å². The highest BCUT2D eigenvalue weighted by atomic mass is 16.3. The number of rotatable bonds is 3. The zero-order chi connectivity index (χ0) is 17.2. The number of hydrogen-bond donors (Lipinski definition) is 2. The van der Waals surface area contributed by atoms with E-state index in [1.54, 1.807) is 0 Å². The maximum atomic E-state index is 12.5. The molecule has 1 aliphatic rings. The lowest BCUT2D eigenvalue weighted by Gasteiger charge is -2.32. The van der Waals surface area contributed by atoms with Crippen LogP contribution in [-0.4, -0.2) is 45.5 Å². The number of hydrogen-bond acceptors (Lipinski definition) is 3. The van der Waals surface area contributed by atoms with E-state index in [2.05, 4.69) is 31.2 Å². The molecule has 6 heteroatoms. The molecule has 2 atom stereocenters. The van der Waals surface area contributed by atoms with Gasteiger partial charge in [0.05, 0.1) is 17.3 Å². The van der Waals surface area contributed by atoms with Crippen LogP contribution in [0.5, 0.6) is 0 Å². The topological polar surface area (TPSA) is 70.4 Å². The van der Waals surface area contributed by atoms with Gasteiger partial charge in [-0.05, 0) is 53.4 Å². The van der Waals surface area contributed by atoms with Crippen molar-refractivity contribution in [2.24, 2.45) is 5.92 Å². The Hall–Kier alpha value is -1.56. The second-order valence-corrected chi connectivity index (χ2v) is 7.59. The molecule has 2 heterocycles. The Balaban J connectivity index is 2.02. The molecule has 0 spiro atoms. The first-order valence-electron chi connectivity index (χ1n) is 8.45. The van der Waals surface area contributed by atoms with Crippen molar-refractivity contribution in [2.75, 3.05) is 19.7 Å². The van der Waals surface area contributed by atoms with Gasteiger partial charge in [0.25, 0.3) is 0 Å². The lowest BCUT2D eigenvalue weighted by Crippen LogP contribution is -2.46. The number of likely N-dealkylation sites (tertiary alicyclic amines) is 1. The minimum absolute atomic E-state index is 0.0569. The van der Waals surface area contributed by atoms with Crippen LogP contribution in [0.4, 0.5) is 4.79 Å². The third-order valence-electron chi connectivity index (χ3n) is 4.50. The van der Waals surface area contributed by atoms with E-state index in [9.17, 15) is 9.90 Å². The molecule has 0 aliphatic carbocycles. The molecule has 1 aliphatic heterocycles. The summed E-state index contributed by atoms with van der Waals surface area (Å²) < 4.78 is 1.95. The molecule has 0 saturated carbocycles. The highest BCUT2D eigenvalue weighted by Gasteiger charge is 2.25. The standard InChI is InChI=1S/C17H30N4O2/c1-12(15-10-21(17(3,4)5)19-13(15)2)18-16(23)20-8-6-7-14(9-20)11-22/h10,12,14,22H,6-9,11H2,1-5H3,(H,18,23)/t12-,14+/m0/s1. The summed E-state index contributed by atoms with van der Waals surface area (Å²) in [4.78, 5) is 14.3. The Kier molecular flexibility index (Phi) is 5.34. The van der Waals surface area contributed by atoms with Crippen LogP contribution in [0.15, 0.2) is 6.20 Å². The molecular formula is C17H30N4O2. The molecule has 0 radical (unpaired) electrons. The number of nitrogens with one attached hydrogen (secondary N) is 1. The summed E-state index contributed by atoms with van der Waals surface area (Å²) in [6.45, 7) is 11.8. The first-order valence-corrected chi connectivity index (χ1v) is 8.45. The summed E-state index contributed by atoms with van der Waals surface area (Å²) in [5.74, 6) is 0.204. The molecular weight excluding hydrogens is 292 g/mol. The summed E-state index contributed by atoms with van der Waals surface area (Å²) in [5.41, 5.74) is 1.91. The fourth-order valence-electron chi connectivity index (χ4n) is 2.99. The zero-order valence-corrected chi connectivity index (χ0v) is 15.0. The molecule has 0 unspecified atom stereocenters. The molecule has 1 saturated heterocycles. The van der Waals surface area contributed by atoms with Gasteiger partial charge >= 0.3 is 6.03 Å². The van der Waals surface area contributed by atoms with Crippen molar-refractivity contribution in [1.29, 1.82) is 0 Å². The third kappa shape index (κ3) is 4.25. The molecule has 1 aromatic rings. The lowest BCUT2D eigenvalue weighted by molar-refractivity contribution is 0.128. The van der Waals surface area contributed by atoms with Gasteiger partial charge in [-0.15, -0.1) is 0 Å². The van der Waals surface area contributed by atoms with E-state index < -0.39 is 0 Å². The predicted molar refractivity (Wildman–Crippen MR) is 90.3 cm³/mol. The normalized spacial score (nSPS) is 20.4. The summed E-state index contributed by atoms with van der Waals surface area (Å²) >= 11 is 0. The number of piperidine rings is 1. The van der Waals surface area contributed by atoms with Crippen molar-refractivity contribution in [3.8, 4) is 0 Å². The van der Waals surface area contributed by atoms with Gasteiger partial charge in [0.15, 0.2) is 0 Å². The van der Waals surface area contributed by atoms with Crippen molar-refractivity contribution in [3.63, 3.8) is 0 Å². The predicted octanol–water partition coefficient (Wildman–Crippen LogP) is 2.42. The van der Waals surface area contributed by atoms with Gasteiger partial charge in [-0.25, -0.2) is 4.79 Å². The second kappa shape index (κ2) is 6.91. The minimum Gasteiger partial charge on any atom is -0.396 e. The largest absolute Gasteiger partial charge is 0.396 e. The number of nitrogens with zero attached hydrogens (tertiary/aromatic N) is 3. The molecule has 0 aromatic carbocycles. The van der Waals surface area contributed by atoms with Crippen LogP contribution in [0, 0.1) is 12.8 Å². The average Bonchev–Trinajstić information content (AvgIpc) is 2.89. The highest BCUT2D eigenvalue weighted by molar-refractivity contribution is 5.74. The monoisotopic (exact) mass is 322 g/mol. The van der Waals surface area contributed by atoms with Crippen LogP contribution >= 0.6 is 0 Å². The van der Waals surface area contributed by atoms with E-state index in [4.69, 9.17) is 0 Å². The Labute approximate surface area is 138 Å². The number of carbonyl (C=O) groups is 1. The average molecular weight is 322 g/mol. The number of aliphatic hydroxyl groups excluding tert-OH is 1. The number of aromatic nitrogens is 2. The lowest BCUT2D eigenvalue weighted by atomic mass is 9.99. The fourth-order valence-corrected chi connectivity index (χ4v) is 2.99. The number of aliphatic hydroxyl groups is 1. The van der Waals surface area contributed by atoms with E-state index in [0.717, 1.165) is 30.6 Å². The van der Waals surface area contributed by atoms with Gasteiger partial charge in [-0.1, -0.05) is 0 Å². The van der Waals surface area contributed by atoms with Crippen LogP contribution in [0.1, 0.15) is 57.8 Å². The smallest absolute Gasteiger partial charge is 0.317 e. The molecule has 2 rings (SSSR count). The van der Waals surface area contributed by atoms with Crippen LogP contribution in [-0.2, 0) is 5.54 Å². The van der Waals surface area contributed by atoms with E-state index in [-0.39, 0.29) is 30.1 Å². The molecule has 1 aromatic heterocycles. The Morgan fingerprint density at radius 1 is 1.52 bits per heavy atom. The highest BCUT2D eigenvalue weighted by Crippen LogP contribution is 2.22. The van der Waals surface area contributed by atoms with Gasteiger partial charge in [0, 0.05) is 31.5 Å². The van der Waals surface area contributed by atoms with Gasteiger partial charge in [-0.3, -0.25) is 4.68 Å². The second-order valence-electron chi connectivity index (χ2n) is 7.59. The summed E-state index contributed by atoms with van der Waals surface area (Å²) in [7, 11) is 0. The van der Waals surface area contributed by atoms with Crippen molar-refractivity contribution in [3.05, 3.63) is 17.5 Å². The molecule has 6 nitrogen and oxygen atoms in total. The molecule has 2 N–H and O–H groups in total. The Morgan fingerprint density at radius 2 is 2.22 bits per heavy atom. The third-order valence-corrected chi connectivity index (χ3v) is 4.50. The maximum Gasteiger partial charge on any atom is 0.317 e. The molecule has 1 fully saturated rings. The van der Waals surface area contributed by atoms with Crippen LogP contribution in [0.3, 0.4) is 0 Å². The van der Waals surface area contributed by atoms with E-state index in [1.165, 1.54) is 0 Å².